The van der Waals surface area contributed by atoms with Crippen molar-refractivity contribution in [3.63, 3.8) is 0 Å². The van der Waals surface area contributed by atoms with E-state index in [-0.39, 0.29) is 23.9 Å². The molecule has 1 fully saturated rings. The highest BCUT2D eigenvalue weighted by Gasteiger charge is 2.31. The zero-order chi connectivity index (χ0) is 22.5. The average molecular weight is 434 g/mol. The van der Waals surface area contributed by atoms with Crippen LogP contribution in [-0.4, -0.2) is 47.8 Å². The van der Waals surface area contributed by atoms with Crippen molar-refractivity contribution in [2.75, 3.05) is 26.2 Å². The van der Waals surface area contributed by atoms with Crippen molar-refractivity contribution < 1.29 is 9.59 Å². The minimum Gasteiger partial charge on any atom is -0.354 e. The van der Waals surface area contributed by atoms with Crippen LogP contribution in [0.2, 0.25) is 0 Å². The van der Waals surface area contributed by atoms with E-state index in [1.807, 2.05) is 23.1 Å². The number of amides is 2. The minimum atomic E-state index is -0.191. The van der Waals surface area contributed by atoms with Crippen molar-refractivity contribution in [2.24, 2.45) is 5.92 Å². The van der Waals surface area contributed by atoms with Crippen molar-refractivity contribution >= 4 is 11.8 Å². The van der Waals surface area contributed by atoms with Gasteiger partial charge in [0.2, 0.25) is 11.8 Å². The van der Waals surface area contributed by atoms with E-state index in [2.05, 4.69) is 53.5 Å². The van der Waals surface area contributed by atoms with E-state index in [1.54, 1.807) is 6.92 Å². The van der Waals surface area contributed by atoms with Crippen molar-refractivity contribution in [1.82, 2.24) is 15.1 Å². The number of nitrogens with zero attached hydrogens (tertiary/aromatic N) is 2. The lowest BCUT2D eigenvalue weighted by Crippen LogP contribution is -2.44. The van der Waals surface area contributed by atoms with Gasteiger partial charge in [0, 0.05) is 20.0 Å². The summed E-state index contributed by atoms with van der Waals surface area (Å²) in [6.45, 7) is 7.30. The second-order valence-electron chi connectivity index (χ2n) is 9.33. The lowest BCUT2D eigenvalue weighted by Gasteiger charge is -2.38. The molecule has 0 aliphatic carbocycles. The highest BCUT2D eigenvalue weighted by molar-refractivity contribution is 5.79. The third kappa shape index (κ3) is 5.21. The number of benzene rings is 2. The van der Waals surface area contributed by atoms with E-state index in [0.29, 0.717) is 19.5 Å². The quantitative estimate of drug-likeness (QED) is 0.746. The number of carbonyl (C=O) groups is 2. The molecule has 1 saturated heterocycles. The Bertz CT molecular complexity index is 922. The molecule has 170 valence electrons. The molecule has 2 unspecified atom stereocenters. The van der Waals surface area contributed by atoms with Gasteiger partial charge >= 0.3 is 0 Å². The number of nitrogens with one attached hydrogen (secondary N) is 1. The molecule has 0 radical (unpaired) electrons. The lowest BCUT2D eigenvalue weighted by molar-refractivity contribution is -0.133. The predicted octanol–water partition coefficient (Wildman–Crippen LogP) is 4.11. The standard InChI is InChI=1S/C27H35N3O2/c1-20-12-15-29(16-13-20)26(23-9-4-3-5-10-23)19-28-27(32)18-25-24-11-7-6-8-22(24)14-17-30(25)21(2)31/h3-11,20,25-26H,12-19H2,1-2H3,(H,28,32). The Labute approximate surface area is 191 Å². The topological polar surface area (TPSA) is 52.7 Å². The Morgan fingerprint density at radius 2 is 1.69 bits per heavy atom. The summed E-state index contributed by atoms with van der Waals surface area (Å²) in [5.41, 5.74) is 3.59. The summed E-state index contributed by atoms with van der Waals surface area (Å²) in [6, 6.07) is 18.7. The third-order valence-corrected chi connectivity index (χ3v) is 7.13. The molecular weight excluding hydrogens is 398 g/mol. The highest BCUT2D eigenvalue weighted by Crippen LogP contribution is 2.32. The second kappa shape index (κ2) is 10.3. The first-order chi connectivity index (χ1) is 15.5. The first-order valence-corrected chi connectivity index (χ1v) is 11.9. The summed E-state index contributed by atoms with van der Waals surface area (Å²) in [5.74, 6) is 0.798. The van der Waals surface area contributed by atoms with E-state index in [4.69, 9.17) is 0 Å². The molecule has 0 bridgehead atoms. The van der Waals surface area contributed by atoms with E-state index in [0.717, 1.165) is 31.0 Å². The first kappa shape index (κ1) is 22.5. The molecule has 0 aromatic heterocycles. The summed E-state index contributed by atoms with van der Waals surface area (Å²) in [6.07, 6.45) is 3.54. The SMILES string of the molecule is CC(=O)N1CCc2ccccc2C1CC(=O)NCC(c1ccccc1)N1CCC(C)CC1. The van der Waals surface area contributed by atoms with Crippen molar-refractivity contribution in [2.45, 2.75) is 51.6 Å². The van der Waals surface area contributed by atoms with Crippen LogP contribution in [0.3, 0.4) is 0 Å². The van der Waals surface area contributed by atoms with Crippen LogP contribution in [0, 0.1) is 5.92 Å². The Hall–Kier alpha value is -2.66. The van der Waals surface area contributed by atoms with E-state index >= 15 is 0 Å². The van der Waals surface area contributed by atoms with Gasteiger partial charge in [-0.15, -0.1) is 0 Å². The maximum atomic E-state index is 13.1. The van der Waals surface area contributed by atoms with Gasteiger partial charge in [-0.1, -0.05) is 61.5 Å². The molecule has 5 nitrogen and oxygen atoms in total. The van der Waals surface area contributed by atoms with Crippen LogP contribution in [0.25, 0.3) is 0 Å². The minimum absolute atomic E-state index is 0.00395. The van der Waals surface area contributed by atoms with E-state index in [1.165, 1.54) is 24.0 Å². The molecule has 2 aliphatic rings. The number of hydrogen-bond acceptors (Lipinski definition) is 3. The van der Waals surface area contributed by atoms with Gasteiger partial charge in [0.15, 0.2) is 0 Å². The third-order valence-electron chi connectivity index (χ3n) is 7.13. The van der Waals surface area contributed by atoms with Gasteiger partial charge in [0.25, 0.3) is 0 Å². The Morgan fingerprint density at radius 1 is 1.00 bits per heavy atom. The summed E-state index contributed by atoms with van der Waals surface area (Å²) >= 11 is 0. The summed E-state index contributed by atoms with van der Waals surface area (Å²) in [4.78, 5) is 29.7. The maximum Gasteiger partial charge on any atom is 0.222 e. The van der Waals surface area contributed by atoms with Crippen LogP contribution in [0.1, 0.15) is 61.9 Å². The molecule has 2 aliphatic heterocycles. The second-order valence-corrected chi connectivity index (χ2v) is 9.33. The Morgan fingerprint density at radius 3 is 2.41 bits per heavy atom. The molecule has 32 heavy (non-hydrogen) atoms. The van der Waals surface area contributed by atoms with Crippen LogP contribution in [0.4, 0.5) is 0 Å². The van der Waals surface area contributed by atoms with Crippen LogP contribution in [0.15, 0.2) is 54.6 Å². The fourth-order valence-electron chi connectivity index (χ4n) is 5.18. The molecule has 5 heteroatoms. The van der Waals surface area contributed by atoms with Gasteiger partial charge < -0.3 is 10.2 Å². The van der Waals surface area contributed by atoms with Crippen molar-refractivity contribution in [1.29, 1.82) is 0 Å². The van der Waals surface area contributed by atoms with Crippen molar-refractivity contribution in [3.8, 4) is 0 Å². The van der Waals surface area contributed by atoms with E-state index in [9.17, 15) is 9.59 Å². The number of carbonyl (C=O) groups excluding carboxylic acids is 2. The highest BCUT2D eigenvalue weighted by atomic mass is 16.2. The molecular formula is C27H35N3O2. The maximum absolute atomic E-state index is 13.1. The molecule has 0 saturated carbocycles. The van der Waals surface area contributed by atoms with Gasteiger partial charge in [0.05, 0.1) is 18.5 Å². The molecule has 2 atom stereocenters. The zero-order valence-corrected chi connectivity index (χ0v) is 19.3. The van der Waals surface area contributed by atoms with Gasteiger partial charge in [-0.2, -0.15) is 0 Å². The van der Waals surface area contributed by atoms with Gasteiger partial charge in [0.1, 0.15) is 0 Å². The van der Waals surface area contributed by atoms with Gasteiger partial charge in [-0.3, -0.25) is 14.5 Å². The van der Waals surface area contributed by atoms with Gasteiger partial charge in [-0.05, 0) is 55.0 Å². The first-order valence-electron chi connectivity index (χ1n) is 11.9. The summed E-state index contributed by atoms with van der Waals surface area (Å²) in [7, 11) is 0. The molecule has 4 rings (SSSR count). The Balaban J connectivity index is 1.45. The summed E-state index contributed by atoms with van der Waals surface area (Å²) < 4.78 is 0. The smallest absolute Gasteiger partial charge is 0.222 e. The number of likely N-dealkylation sites (tertiary alicyclic amines) is 1. The zero-order valence-electron chi connectivity index (χ0n) is 19.3. The van der Waals surface area contributed by atoms with Gasteiger partial charge in [-0.25, -0.2) is 0 Å². The Kier molecular flexibility index (Phi) is 7.26. The molecule has 2 aromatic carbocycles. The monoisotopic (exact) mass is 433 g/mol. The predicted molar refractivity (Wildman–Crippen MR) is 127 cm³/mol. The lowest BCUT2D eigenvalue weighted by atomic mass is 9.90. The normalized spacial score (nSPS) is 20.4. The molecule has 2 amide bonds. The molecule has 2 aromatic rings. The molecule has 1 N–H and O–H groups in total. The number of hydrogen-bond donors (Lipinski definition) is 1. The average Bonchev–Trinajstić information content (AvgIpc) is 2.81. The molecule has 0 spiro atoms. The van der Waals surface area contributed by atoms with Crippen LogP contribution < -0.4 is 5.32 Å². The van der Waals surface area contributed by atoms with Crippen molar-refractivity contribution in [3.05, 3.63) is 71.3 Å². The largest absolute Gasteiger partial charge is 0.354 e. The summed E-state index contributed by atoms with van der Waals surface area (Å²) in [5, 5.41) is 3.21. The fraction of sp³-hybridized carbons (Fsp3) is 0.481. The van der Waals surface area contributed by atoms with Crippen LogP contribution in [0.5, 0.6) is 0 Å². The fourth-order valence-corrected chi connectivity index (χ4v) is 5.18. The van der Waals surface area contributed by atoms with Crippen LogP contribution in [-0.2, 0) is 16.0 Å². The van der Waals surface area contributed by atoms with E-state index < -0.39 is 0 Å². The molecule has 2 heterocycles. The number of fused-ring (bicyclic) bond motifs is 1. The number of piperidine rings is 1. The van der Waals surface area contributed by atoms with Crippen LogP contribution >= 0.6 is 0 Å². The number of rotatable bonds is 6.